The lowest BCUT2D eigenvalue weighted by molar-refractivity contribution is 0.696. The van der Waals surface area contributed by atoms with Gasteiger partial charge in [0.05, 0.1) is 0 Å². The van der Waals surface area contributed by atoms with E-state index in [2.05, 4.69) is 42.2 Å². The van der Waals surface area contributed by atoms with E-state index in [4.69, 9.17) is 0 Å². The summed E-state index contributed by atoms with van der Waals surface area (Å²) in [7, 11) is 0. The minimum atomic E-state index is 1.04. The van der Waals surface area contributed by atoms with Gasteiger partial charge in [-0.2, -0.15) is 0 Å². The molecule has 0 heterocycles. The number of hydrogen-bond donors (Lipinski definition) is 1. The molecule has 70 valence electrons. The lowest BCUT2D eigenvalue weighted by Crippen LogP contribution is -2.05. The monoisotopic (exact) mass is 175 g/mol. The van der Waals surface area contributed by atoms with Crippen molar-refractivity contribution in [1.82, 2.24) is 5.32 Å². The normalized spacial score (nSPS) is 9.54. The SMILES string of the molecule is C=CNCCCCc1ccccc1. The third-order valence-electron chi connectivity index (χ3n) is 2.02. The summed E-state index contributed by atoms with van der Waals surface area (Å²) in [5, 5.41) is 3.10. The number of rotatable bonds is 6. The van der Waals surface area contributed by atoms with E-state index in [1.54, 1.807) is 6.20 Å². The Balaban J connectivity index is 2.10. The van der Waals surface area contributed by atoms with Gasteiger partial charge in [0, 0.05) is 6.54 Å². The Morgan fingerprint density at radius 2 is 1.92 bits per heavy atom. The average Bonchev–Trinajstić information content (AvgIpc) is 2.19. The Labute approximate surface area is 80.5 Å². The summed E-state index contributed by atoms with van der Waals surface area (Å²) in [5.74, 6) is 0. The molecule has 0 bridgehead atoms. The standard InChI is InChI=1S/C12H17N/c1-2-13-11-7-6-10-12-8-4-3-5-9-12/h2-5,8-9,13H,1,6-7,10-11H2. The first-order valence-electron chi connectivity index (χ1n) is 4.81. The molecule has 0 unspecified atom stereocenters. The Morgan fingerprint density at radius 1 is 1.15 bits per heavy atom. The molecule has 0 saturated carbocycles. The van der Waals surface area contributed by atoms with Crippen molar-refractivity contribution in [2.75, 3.05) is 6.54 Å². The summed E-state index contributed by atoms with van der Waals surface area (Å²) >= 11 is 0. The smallest absolute Gasteiger partial charge is 0.0141 e. The van der Waals surface area contributed by atoms with Crippen LogP contribution >= 0.6 is 0 Å². The highest BCUT2D eigenvalue weighted by Crippen LogP contribution is 2.03. The van der Waals surface area contributed by atoms with Crippen molar-refractivity contribution >= 4 is 0 Å². The largest absolute Gasteiger partial charge is 0.391 e. The number of unbranched alkanes of at least 4 members (excludes halogenated alkanes) is 1. The van der Waals surface area contributed by atoms with Gasteiger partial charge in [-0.25, -0.2) is 0 Å². The van der Waals surface area contributed by atoms with Crippen LogP contribution in [0.25, 0.3) is 0 Å². The van der Waals surface area contributed by atoms with Crippen LogP contribution in [0.2, 0.25) is 0 Å². The molecular weight excluding hydrogens is 158 g/mol. The summed E-state index contributed by atoms with van der Waals surface area (Å²) in [6.07, 6.45) is 5.38. The molecule has 0 aliphatic heterocycles. The predicted octanol–water partition coefficient (Wildman–Crippen LogP) is 2.74. The first-order valence-corrected chi connectivity index (χ1v) is 4.81. The van der Waals surface area contributed by atoms with Gasteiger partial charge >= 0.3 is 0 Å². The maximum Gasteiger partial charge on any atom is 0.0141 e. The molecule has 1 aromatic rings. The molecule has 0 aliphatic carbocycles. The van der Waals surface area contributed by atoms with Crippen molar-refractivity contribution in [1.29, 1.82) is 0 Å². The van der Waals surface area contributed by atoms with Crippen LogP contribution in [0.4, 0.5) is 0 Å². The Hall–Kier alpha value is -1.24. The van der Waals surface area contributed by atoms with Crippen LogP contribution in [0, 0.1) is 0 Å². The van der Waals surface area contributed by atoms with Gasteiger partial charge in [-0.15, -0.1) is 0 Å². The molecule has 0 aliphatic rings. The zero-order valence-corrected chi connectivity index (χ0v) is 8.00. The van der Waals surface area contributed by atoms with Crippen LogP contribution in [0.1, 0.15) is 18.4 Å². The van der Waals surface area contributed by atoms with Gasteiger partial charge in [-0.05, 0) is 31.0 Å². The van der Waals surface area contributed by atoms with E-state index in [1.807, 2.05) is 0 Å². The van der Waals surface area contributed by atoms with Gasteiger partial charge < -0.3 is 5.32 Å². The molecular formula is C12H17N. The summed E-state index contributed by atoms with van der Waals surface area (Å²) in [6, 6.07) is 10.6. The van der Waals surface area contributed by atoms with Crippen molar-refractivity contribution in [2.24, 2.45) is 0 Å². The maximum absolute atomic E-state index is 3.61. The first kappa shape index (κ1) is 9.85. The average molecular weight is 175 g/mol. The molecule has 1 rings (SSSR count). The predicted molar refractivity (Wildman–Crippen MR) is 57.6 cm³/mol. The summed E-state index contributed by atoms with van der Waals surface area (Å²) in [5.41, 5.74) is 1.43. The number of aryl methyl sites for hydroxylation is 1. The fourth-order valence-electron chi connectivity index (χ4n) is 1.30. The second kappa shape index (κ2) is 6.30. The van der Waals surface area contributed by atoms with E-state index < -0.39 is 0 Å². The van der Waals surface area contributed by atoms with Crippen LogP contribution in [-0.4, -0.2) is 6.54 Å². The molecule has 1 N–H and O–H groups in total. The van der Waals surface area contributed by atoms with Gasteiger partial charge in [0.15, 0.2) is 0 Å². The molecule has 0 amide bonds. The lowest BCUT2D eigenvalue weighted by atomic mass is 10.1. The van der Waals surface area contributed by atoms with Crippen LogP contribution < -0.4 is 5.32 Å². The van der Waals surface area contributed by atoms with Crippen molar-refractivity contribution in [2.45, 2.75) is 19.3 Å². The van der Waals surface area contributed by atoms with Crippen LogP contribution in [0.3, 0.4) is 0 Å². The molecule has 1 heteroatoms. The molecule has 0 saturated heterocycles. The fourth-order valence-corrected chi connectivity index (χ4v) is 1.30. The van der Waals surface area contributed by atoms with Crippen LogP contribution in [0.5, 0.6) is 0 Å². The minimum absolute atomic E-state index is 1.04. The highest BCUT2D eigenvalue weighted by atomic mass is 14.8. The topological polar surface area (TPSA) is 12.0 Å². The summed E-state index contributed by atoms with van der Waals surface area (Å²) in [4.78, 5) is 0. The van der Waals surface area contributed by atoms with E-state index in [1.165, 1.54) is 24.8 Å². The van der Waals surface area contributed by atoms with Gasteiger partial charge in [0.1, 0.15) is 0 Å². The molecule has 0 atom stereocenters. The fraction of sp³-hybridized carbons (Fsp3) is 0.333. The third kappa shape index (κ3) is 4.36. The molecule has 0 fully saturated rings. The van der Waals surface area contributed by atoms with E-state index in [0.29, 0.717) is 0 Å². The number of hydrogen-bond acceptors (Lipinski definition) is 1. The van der Waals surface area contributed by atoms with Gasteiger partial charge in [-0.3, -0.25) is 0 Å². The van der Waals surface area contributed by atoms with Crippen LogP contribution in [0.15, 0.2) is 43.1 Å². The van der Waals surface area contributed by atoms with Gasteiger partial charge in [-0.1, -0.05) is 36.9 Å². The maximum atomic E-state index is 3.61. The molecule has 0 aromatic heterocycles. The first-order chi connectivity index (χ1) is 6.43. The highest BCUT2D eigenvalue weighted by molar-refractivity contribution is 5.14. The minimum Gasteiger partial charge on any atom is -0.391 e. The van der Waals surface area contributed by atoms with E-state index in [-0.39, 0.29) is 0 Å². The molecule has 0 spiro atoms. The quantitative estimate of drug-likeness (QED) is 0.655. The van der Waals surface area contributed by atoms with E-state index >= 15 is 0 Å². The lowest BCUT2D eigenvalue weighted by Gasteiger charge is -2.01. The Kier molecular flexibility index (Phi) is 4.77. The molecule has 0 radical (unpaired) electrons. The van der Waals surface area contributed by atoms with Gasteiger partial charge in [0.25, 0.3) is 0 Å². The van der Waals surface area contributed by atoms with Crippen LogP contribution in [-0.2, 0) is 6.42 Å². The van der Waals surface area contributed by atoms with Crippen molar-refractivity contribution in [3.63, 3.8) is 0 Å². The molecule has 13 heavy (non-hydrogen) atoms. The Morgan fingerprint density at radius 3 is 2.62 bits per heavy atom. The summed E-state index contributed by atoms with van der Waals surface area (Å²) < 4.78 is 0. The highest BCUT2D eigenvalue weighted by Gasteiger charge is 1.90. The second-order valence-electron chi connectivity index (χ2n) is 3.10. The van der Waals surface area contributed by atoms with Gasteiger partial charge in [0.2, 0.25) is 0 Å². The summed E-state index contributed by atoms with van der Waals surface area (Å²) in [6.45, 7) is 4.64. The Bertz CT molecular complexity index is 228. The number of nitrogens with one attached hydrogen (secondary N) is 1. The zero-order chi connectivity index (χ0) is 9.36. The third-order valence-corrected chi connectivity index (χ3v) is 2.02. The molecule has 1 aromatic carbocycles. The van der Waals surface area contributed by atoms with Crippen molar-refractivity contribution in [3.8, 4) is 0 Å². The van der Waals surface area contributed by atoms with Crippen molar-refractivity contribution < 1.29 is 0 Å². The number of benzene rings is 1. The van der Waals surface area contributed by atoms with Crippen molar-refractivity contribution in [3.05, 3.63) is 48.7 Å². The van der Waals surface area contributed by atoms with E-state index in [0.717, 1.165) is 6.54 Å². The second-order valence-corrected chi connectivity index (χ2v) is 3.10. The molecule has 1 nitrogen and oxygen atoms in total. The van der Waals surface area contributed by atoms with E-state index in [9.17, 15) is 0 Å². The zero-order valence-electron chi connectivity index (χ0n) is 8.00.